The summed E-state index contributed by atoms with van der Waals surface area (Å²) in [6, 6.07) is 0. The number of esters is 2. The molecule has 0 aromatic rings. The number of carbonyl (C=O) groups excluding carboxylic acids is 2. The second-order valence-electron chi connectivity index (χ2n) is 16.4. The minimum Gasteiger partial charge on any atom is -0.462 e. The number of carbonyl (C=O) groups is 2. The molecule has 9 nitrogen and oxygen atoms in total. The van der Waals surface area contributed by atoms with Crippen LogP contribution in [-0.2, 0) is 32.7 Å². The van der Waals surface area contributed by atoms with Crippen LogP contribution in [0.5, 0.6) is 0 Å². The largest absolute Gasteiger partial charge is 0.472 e. The molecule has 2 atom stereocenters. The van der Waals surface area contributed by atoms with Gasteiger partial charge in [-0.3, -0.25) is 18.6 Å². The van der Waals surface area contributed by atoms with Crippen molar-refractivity contribution in [3.63, 3.8) is 0 Å². The SMILES string of the molecule is CCCCCCCCCCCCC/C=C/CCC(=O)O[C@H](COC(=O)CCCCCCCCCCCCCCCCC)COP(=O)(O)OCC[N+](C)(C)C. The molecule has 0 rings (SSSR count). The van der Waals surface area contributed by atoms with E-state index in [2.05, 4.69) is 19.9 Å². The number of nitrogens with zero attached hydrogens (tertiary/aromatic N) is 1. The normalized spacial score (nSPS) is 13.7. The molecule has 0 aromatic heterocycles. The summed E-state index contributed by atoms with van der Waals surface area (Å²) in [7, 11) is 1.47. The molecular formula is C44H87NO8P+. The van der Waals surface area contributed by atoms with Crippen LogP contribution in [0.4, 0.5) is 0 Å². The lowest BCUT2D eigenvalue weighted by molar-refractivity contribution is -0.870. The second kappa shape index (κ2) is 37.3. The fourth-order valence-electron chi connectivity index (χ4n) is 6.27. The van der Waals surface area contributed by atoms with E-state index in [4.69, 9.17) is 18.5 Å². The van der Waals surface area contributed by atoms with Crippen molar-refractivity contribution < 1.29 is 42.1 Å². The first-order valence-corrected chi connectivity index (χ1v) is 23.9. The number of rotatable bonds is 41. The molecule has 0 saturated heterocycles. The predicted molar refractivity (Wildman–Crippen MR) is 224 cm³/mol. The maximum Gasteiger partial charge on any atom is 0.472 e. The number of unbranched alkanes of at least 4 members (excludes halogenated alkanes) is 25. The highest BCUT2D eigenvalue weighted by molar-refractivity contribution is 7.47. The van der Waals surface area contributed by atoms with Gasteiger partial charge < -0.3 is 18.9 Å². The highest BCUT2D eigenvalue weighted by atomic mass is 31.2. The molecule has 54 heavy (non-hydrogen) atoms. The van der Waals surface area contributed by atoms with Crippen molar-refractivity contribution in [3.8, 4) is 0 Å². The Morgan fingerprint density at radius 1 is 0.556 bits per heavy atom. The summed E-state index contributed by atoms with van der Waals surface area (Å²) >= 11 is 0. The molecule has 1 N–H and O–H groups in total. The second-order valence-corrected chi connectivity index (χ2v) is 17.9. The molecule has 320 valence electrons. The van der Waals surface area contributed by atoms with E-state index in [1.807, 2.05) is 27.2 Å². The van der Waals surface area contributed by atoms with Crippen molar-refractivity contribution in [1.29, 1.82) is 0 Å². The summed E-state index contributed by atoms with van der Waals surface area (Å²) in [5.74, 6) is -0.845. The highest BCUT2D eigenvalue weighted by Crippen LogP contribution is 2.43. The van der Waals surface area contributed by atoms with Crippen LogP contribution < -0.4 is 0 Å². The molecule has 0 fully saturated rings. The van der Waals surface area contributed by atoms with Gasteiger partial charge in [0.1, 0.15) is 19.8 Å². The quantitative estimate of drug-likeness (QED) is 0.0214. The fraction of sp³-hybridized carbons (Fsp3) is 0.909. The van der Waals surface area contributed by atoms with Crippen molar-refractivity contribution in [2.24, 2.45) is 0 Å². The van der Waals surface area contributed by atoms with E-state index in [0.717, 1.165) is 32.1 Å². The number of hydrogen-bond donors (Lipinski definition) is 1. The number of hydrogen-bond acceptors (Lipinski definition) is 7. The molecule has 0 aliphatic heterocycles. The monoisotopic (exact) mass is 789 g/mol. The summed E-state index contributed by atoms with van der Waals surface area (Å²) in [5, 5.41) is 0. The van der Waals surface area contributed by atoms with Gasteiger partial charge in [0.15, 0.2) is 6.10 Å². The third-order valence-electron chi connectivity index (χ3n) is 9.81. The third-order valence-corrected chi connectivity index (χ3v) is 10.8. The maximum absolute atomic E-state index is 12.7. The molecule has 0 amide bonds. The maximum atomic E-state index is 12.7. The lowest BCUT2D eigenvalue weighted by Crippen LogP contribution is -2.37. The van der Waals surface area contributed by atoms with Crippen LogP contribution >= 0.6 is 7.82 Å². The fourth-order valence-corrected chi connectivity index (χ4v) is 7.01. The zero-order valence-corrected chi connectivity index (χ0v) is 36.9. The van der Waals surface area contributed by atoms with E-state index in [1.54, 1.807) is 0 Å². The van der Waals surface area contributed by atoms with Gasteiger partial charge in [-0.15, -0.1) is 0 Å². The summed E-state index contributed by atoms with van der Waals surface area (Å²) in [6.07, 6.45) is 38.4. The zero-order valence-electron chi connectivity index (χ0n) is 36.0. The first-order chi connectivity index (χ1) is 26.0. The molecule has 0 bridgehead atoms. The Bertz CT molecular complexity index is 938. The van der Waals surface area contributed by atoms with E-state index in [0.29, 0.717) is 17.4 Å². The first kappa shape index (κ1) is 52.8. The van der Waals surface area contributed by atoms with Gasteiger partial charge in [0, 0.05) is 12.8 Å². The summed E-state index contributed by atoms with van der Waals surface area (Å²) in [6.45, 7) is 4.41. The highest BCUT2D eigenvalue weighted by Gasteiger charge is 2.27. The van der Waals surface area contributed by atoms with Gasteiger partial charge in [-0.25, -0.2) is 4.57 Å². The van der Waals surface area contributed by atoms with Gasteiger partial charge >= 0.3 is 19.8 Å². The Balaban J connectivity index is 4.36. The van der Waals surface area contributed by atoms with Crippen LogP contribution in [0.2, 0.25) is 0 Å². The Labute approximate surface area is 333 Å². The molecule has 0 aromatic carbocycles. The number of phosphoric ester groups is 1. The molecule has 10 heteroatoms. The lowest BCUT2D eigenvalue weighted by atomic mass is 10.0. The standard InChI is InChI=1S/C44H86NO8P/c1-6-8-10-12-14-16-18-20-22-24-26-28-30-32-34-36-43(46)50-40-42(41-52-54(48,49)51-39-38-45(3,4)5)53-44(47)37-35-33-31-29-27-25-23-21-19-17-15-13-11-9-7-2/h31,33,42H,6-30,32,34-41H2,1-5H3/p+1/b33-31+/t42-/m1/s1. The van der Waals surface area contributed by atoms with Crippen LogP contribution in [0, 0.1) is 0 Å². The lowest BCUT2D eigenvalue weighted by Gasteiger charge is -2.24. The van der Waals surface area contributed by atoms with Crippen molar-refractivity contribution in [2.75, 3.05) is 47.5 Å². The number of likely N-dealkylation sites (N-methyl/N-ethyl adjacent to an activating group) is 1. The van der Waals surface area contributed by atoms with Crippen molar-refractivity contribution in [3.05, 3.63) is 12.2 Å². The van der Waals surface area contributed by atoms with E-state index in [9.17, 15) is 19.0 Å². The van der Waals surface area contributed by atoms with Gasteiger partial charge in [-0.05, 0) is 25.7 Å². The van der Waals surface area contributed by atoms with Crippen LogP contribution in [-0.4, -0.2) is 74.9 Å². The molecular weight excluding hydrogens is 701 g/mol. The summed E-state index contributed by atoms with van der Waals surface area (Å²) < 4.78 is 34.3. The third kappa shape index (κ3) is 40.4. The number of allylic oxidation sites excluding steroid dienone is 2. The smallest absolute Gasteiger partial charge is 0.462 e. The van der Waals surface area contributed by atoms with Crippen LogP contribution in [0.3, 0.4) is 0 Å². The van der Waals surface area contributed by atoms with E-state index < -0.39 is 26.5 Å². The predicted octanol–water partition coefficient (Wildman–Crippen LogP) is 12.6. The number of quaternary nitrogens is 1. The Kier molecular flexibility index (Phi) is 36.5. The first-order valence-electron chi connectivity index (χ1n) is 22.4. The number of phosphoric acid groups is 1. The topological polar surface area (TPSA) is 108 Å². The zero-order chi connectivity index (χ0) is 40.0. The van der Waals surface area contributed by atoms with E-state index >= 15 is 0 Å². The molecule has 0 saturated carbocycles. The molecule has 1 unspecified atom stereocenters. The van der Waals surface area contributed by atoms with Gasteiger partial charge in [0.2, 0.25) is 0 Å². The minimum absolute atomic E-state index is 0.0293. The van der Waals surface area contributed by atoms with Gasteiger partial charge in [0.25, 0.3) is 0 Å². The van der Waals surface area contributed by atoms with Crippen LogP contribution in [0.25, 0.3) is 0 Å². The van der Waals surface area contributed by atoms with E-state index in [-0.39, 0.29) is 32.0 Å². The Hall–Kier alpha value is -1.25. The molecule has 0 spiro atoms. The average molecular weight is 789 g/mol. The summed E-state index contributed by atoms with van der Waals surface area (Å²) in [4.78, 5) is 35.3. The van der Waals surface area contributed by atoms with Gasteiger partial charge in [0.05, 0.1) is 27.7 Å². The average Bonchev–Trinajstić information content (AvgIpc) is 3.12. The van der Waals surface area contributed by atoms with Crippen molar-refractivity contribution in [2.45, 2.75) is 213 Å². The van der Waals surface area contributed by atoms with Gasteiger partial charge in [-0.1, -0.05) is 180 Å². The number of ether oxygens (including phenoxy) is 2. The molecule has 0 aliphatic rings. The van der Waals surface area contributed by atoms with E-state index in [1.165, 1.54) is 141 Å². The van der Waals surface area contributed by atoms with Crippen LogP contribution in [0.15, 0.2) is 12.2 Å². The van der Waals surface area contributed by atoms with Gasteiger partial charge in [-0.2, -0.15) is 0 Å². The Morgan fingerprint density at radius 3 is 1.44 bits per heavy atom. The molecule has 0 heterocycles. The van der Waals surface area contributed by atoms with Crippen LogP contribution in [0.1, 0.15) is 206 Å². The Morgan fingerprint density at radius 2 is 0.981 bits per heavy atom. The minimum atomic E-state index is -4.38. The summed E-state index contributed by atoms with van der Waals surface area (Å²) in [5.41, 5.74) is 0. The van der Waals surface area contributed by atoms with Crippen molar-refractivity contribution in [1.82, 2.24) is 0 Å². The molecule has 0 aliphatic carbocycles. The molecule has 0 radical (unpaired) electrons. The van der Waals surface area contributed by atoms with Crippen molar-refractivity contribution >= 4 is 19.8 Å².